The number of halogens is 2. The van der Waals surface area contributed by atoms with E-state index in [-0.39, 0.29) is 5.33 Å². The van der Waals surface area contributed by atoms with Crippen molar-refractivity contribution in [1.29, 1.82) is 0 Å². The number of benzene rings is 1. The van der Waals surface area contributed by atoms with Crippen molar-refractivity contribution < 1.29 is 15.0 Å². The van der Waals surface area contributed by atoms with Crippen molar-refractivity contribution in [2.24, 2.45) is 0 Å². The van der Waals surface area contributed by atoms with Gasteiger partial charge in [0, 0.05) is 21.5 Å². The van der Waals surface area contributed by atoms with E-state index in [1.165, 1.54) is 12.1 Å². The van der Waals surface area contributed by atoms with Crippen molar-refractivity contribution in [2.45, 2.75) is 12.2 Å². The summed E-state index contributed by atoms with van der Waals surface area (Å²) in [5.74, 6) is 0. The number of aliphatic hydroxyl groups is 2. The van der Waals surface area contributed by atoms with Crippen LogP contribution in [0.3, 0.4) is 0 Å². The molecule has 0 amide bonds. The second-order valence-corrected chi connectivity index (χ2v) is 4.12. The SMILES string of the molecule is O=Cc1ccc(Cl)c(C(O)C(O)CBr)c1. The number of carbonyl (C=O) groups excluding carboxylic acids is 1. The third-order valence-corrected chi connectivity index (χ3v) is 3.00. The van der Waals surface area contributed by atoms with E-state index in [1.807, 2.05) is 0 Å². The van der Waals surface area contributed by atoms with Gasteiger partial charge in [-0.3, -0.25) is 4.79 Å². The van der Waals surface area contributed by atoms with Gasteiger partial charge in [0.1, 0.15) is 12.4 Å². The Morgan fingerprint density at radius 1 is 1.47 bits per heavy atom. The molecule has 0 aliphatic carbocycles. The third kappa shape index (κ3) is 3.01. The summed E-state index contributed by atoms with van der Waals surface area (Å²) in [6, 6.07) is 4.53. The zero-order chi connectivity index (χ0) is 11.4. The van der Waals surface area contributed by atoms with Gasteiger partial charge in [0.25, 0.3) is 0 Å². The molecule has 0 saturated carbocycles. The van der Waals surface area contributed by atoms with Gasteiger partial charge in [-0.25, -0.2) is 0 Å². The maximum atomic E-state index is 10.5. The molecule has 1 rings (SSSR count). The molecule has 0 bridgehead atoms. The van der Waals surface area contributed by atoms with E-state index in [9.17, 15) is 15.0 Å². The summed E-state index contributed by atoms with van der Waals surface area (Å²) in [4.78, 5) is 10.5. The predicted octanol–water partition coefficient (Wildman–Crippen LogP) is 1.94. The zero-order valence-electron chi connectivity index (χ0n) is 7.73. The lowest BCUT2D eigenvalue weighted by Crippen LogP contribution is -2.19. The Kier molecular flexibility index (Phi) is 4.73. The number of hydrogen-bond acceptors (Lipinski definition) is 3. The highest BCUT2D eigenvalue weighted by Crippen LogP contribution is 2.26. The molecule has 15 heavy (non-hydrogen) atoms. The van der Waals surface area contributed by atoms with Gasteiger partial charge in [-0.2, -0.15) is 0 Å². The summed E-state index contributed by atoms with van der Waals surface area (Å²) in [5.41, 5.74) is 0.767. The molecule has 5 heteroatoms. The lowest BCUT2D eigenvalue weighted by Gasteiger charge is -2.17. The highest BCUT2D eigenvalue weighted by molar-refractivity contribution is 9.09. The molecule has 0 saturated heterocycles. The summed E-state index contributed by atoms with van der Waals surface area (Å²) >= 11 is 8.90. The van der Waals surface area contributed by atoms with Crippen LogP contribution >= 0.6 is 27.5 Å². The third-order valence-electron chi connectivity index (χ3n) is 2.00. The average Bonchev–Trinajstić information content (AvgIpc) is 2.27. The van der Waals surface area contributed by atoms with E-state index in [1.54, 1.807) is 6.07 Å². The second kappa shape index (κ2) is 5.61. The topological polar surface area (TPSA) is 57.5 Å². The van der Waals surface area contributed by atoms with Crippen LogP contribution in [0.5, 0.6) is 0 Å². The van der Waals surface area contributed by atoms with Crippen molar-refractivity contribution in [3.8, 4) is 0 Å². The molecule has 1 aromatic rings. The van der Waals surface area contributed by atoms with Crippen LogP contribution in [0.1, 0.15) is 22.0 Å². The molecule has 0 aliphatic heterocycles. The molecule has 0 aliphatic rings. The van der Waals surface area contributed by atoms with Crippen molar-refractivity contribution >= 4 is 33.8 Å². The Bertz CT molecular complexity index is 357. The van der Waals surface area contributed by atoms with Gasteiger partial charge < -0.3 is 10.2 Å². The van der Waals surface area contributed by atoms with Crippen molar-refractivity contribution in [3.63, 3.8) is 0 Å². The second-order valence-electron chi connectivity index (χ2n) is 3.07. The Morgan fingerprint density at radius 2 is 2.13 bits per heavy atom. The Hall–Kier alpha value is -0.420. The fourth-order valence-electron chi connectivity index (χ4n) is 1.15. The standard InChI is InChI=1S/C10H10BrClO3/c11-4-9(14)10(15)7-3-6(5-13)1-2-8(7)12/h1-3,5,9-10,14-15H,4H2. The summed E-state index contributed by atoms with van der Waals surface area (Å²) in [6.07, 6.45) is -1.39. The first kappa shape index (κ1) is 12.6. The van der Waals surface area contributed by atoms with E-state index >= 15 is 0 Å². The van der Waals surface area contributed by atoms with Crippen LogP contribution in [0.4, 0.5) is 0 Å². The highest BCUT2D eigenvalue weighted by Gasteiger charge is 2.19. The van der Waals surface area contributed by atoms with Crippen LogP contribution < -0.4 is 0 Å². The van der Waals surface area contributed by atoms with Gasteiger partial charge in [-0.15, -0.1) is 0 Å². The normalized spacial score (nSPS) is 14.7. The van der Waals surface area contributed by atoms with Gasteiger partial charge in [0.05, 0.1) is 6.10 Å². The molecule has 0 radical (unpaired) electrons. The first-order valence-electron chi connectivity index (χ1n) is 4.27. The molecule has 2 unspecified atom stereocenters. The minimum Gasteiger partial charge on any atom is -0.389 e. The maximum absolute atomic E-state index is 10.5. The van der Waals surface area contributed by atoms with E-state index in [0.29, 0.717) is 22.4 Å². The first-order chi connectivity index (χ1) is 7.10. The number of aliphatic hydroxyl groups excluding tert-OH is 2. The van der Waals surface area contributed by atoms with E-state index in [2.05, 4.69) is 15.9 Å². The monoisotopic (exact) mass is 292 g/mol. The Morgan fingerprint density at radius 3 is 2.67 bits per heavy atom. The van der Waals surface area contributed by atoms with E-state index in [4.69, 9.17) is 11.6 Å². The molecule has 2 atom stereocenters. The summed E-state index contributed by atoms with van der Waals surface area (Å²) in [5, 5.41) is 19.7. The van der Waals surface area contributed by atoms with Gasteiger partial charge in [-0.1, -0.05) is 33.6 Å². The number of alkyl halides is 1. The van der Waals surface area contributed by atoms with E-state index < -0.39 is 12.2 Å². The molecule has 0 spiro atoms. The molecule has 1 aromatic carbocycles. The number of aldehydes is 1. The van der Waals surface area contributed by atoms with Crippen LogP contribution in [0.25, 0.3) is 0 Å². The molecule has 0 aromatic heterocycles. The number of carbonyl (C=O) groups is 1. The van der Waals surface area contributed by atoms with Crippen molar-refractivity contribution in [2.75, 3.05) is 5.33 Å². The molecular weight excluding hydrogens is 283 g/mol. The first-order valence-corrected chi connectivity index (χ1v) is 5.76. The minimum absolute atomic E-state index is 0.232. The predicted molar refractivity (Wildman–Crippen MR) is 61.6 cm³/mol. The van der Waals surface area contributed by atoms with Gasteiger partial charge in [-0.05, 0) is 12.1 Å². The van der Waals surface area contributed by atoms with Crippen molar-refractivity contribution in [1.82, 2.24) is 0 Å². The molecule has 2 N–H and O–H groups in total. The fourth-order valence-corrected chi connectivity index (χ4v) is 1.74. The van der Waals surface area contributed by atoms with Crippen LogP contribution in [0.15, 0.2) is 18.2 Å². The van der Waals surface area contributed by atoms with Crippen molar-refractivity contribution in [3.05, 3.63) is 34.3 Å². The summed E-state index contributed by atoms with van der Waals surface area (Å²) in [7, 11) is 0. The van der Waals surface area contributed by atoms with Crippen LogP contribution in [-0.2, 0) is 0 Å². The summed E-state index contributed by atoms with van der Waals surface area (Å²) < 4.78 is 0. The zero-order valence-corrected chi connectivity index (χ0v) is 10.1. The summed E-state index contributed by atoms with van der Waals surface area (Å²) in [6.45, 7) is 0. The maximum Gasteiger partial charge on any atom is 0.150 e. The minimum atomic E-state index is -1.10. The molecule has 82 valence electrons. The largest absolute Gasteiger partial charge is 0.389 e. The van der Waals surface area contributed by atoms with Gasteiger partial charge in [0.2, 0.25) is 0 Å². The Labute approximate surface area is 101 Å². The molecule has 0 fully saturated rings. The smallest absolute Gasteiger partial charge is 0.150 e. The Balaban J connectivity index is 3.06. The highest BCUT2D eigenvalue weighted by atomic mass is 79.9. The quantitative estimate of drug-likeness (QED) is 0.659. The lowest BCUT2D eigenvalue weighted by atomic mass is 10.0. The van der Waals surface area contributed by atoms with E-state index in [0.717, 1.165) is 0 Å². The molecular formula is C10H10BrClO3. The molecule has 3 nitrogen and oxygen atoms in total. The fraction of sp³-hybridized carbons (Fsp3) is 0.300. The number of hydrogen-bond donors (Lipinski definition) is 2. The van der Waals surface area contributed by atoms with Gasteiger partial charge in [0.15, 0.2) is 0 Å². The lowest BCUT2D eigenvalue weighted by molar-refractivity contribution is 0.0343. The van der Waals surface area contributed by atoms with Crippen LogP contribution in [0.2, 0.25) is 5.02 Å². The molecule has 0 heterocycles. The van der Waals surface area contributed by atoms with Crippen LogP contribution in [0, 0.1) is 0 Å². The average molecular weight is 294 g/mol. The number of rotatable bonds is 4. The van der Waals surface area contributed by atoms with Gasteiger partial charge >= 0.3 is 0 Å². The van der Waals surface area contributed by atoms with Crippen LogP contribution in [-0.4, -0.2) is 27.9 Å².